The Balaban J connectivity index is 1.67. The van der Waals surface area contributed by atoms with Crippen LogP contribution < -0.4 is 10.1 Å². The van der Waals surface area contributed by atoms with Crippen molar-refractivity contribution in [3.63, 3.8) is 0 Å². The second kappa shape index (κ2) is 10.9. The average molecular weight is 485 g/mol. The molecule has 0 atom stereocenters. The number of amides is 1. The highest BCUT2D eigenvalue weighted by atomic mass is 35.5. The topological polar surface area (TPSA) is 69.0 Å². The summed E-state index contributed by atoms with van der Waals surface area (Å²) in [5.41, 5.74) is 6.05. The summed E-state index contributed by atoms with van der Waals surface area (Å²) in [5, 5.41) is 12.9. The molecule has 6 nitrogen and oxygen atoms in total. The van der Waals surface area contributed by atoms with Gasteiger partial charge >= 0.3 is 0 Å². The number of benzene rings is 2. The number of allylic oxidation sites excluding steroid dienone is 1. The number of nitrogens with one attached hydrogen (secondary N) is 1. The number of halogens is 1. The van der Waals surface area contributed by atoms with Gasteiger partial charge in [-0.15, -0.1) is 16.8 Å². The molecule has 33 heavy (non-hydrogen) atoms. The second-order valence-corrected chi connectivity index (χ2v) is 9.39. The van der Waals surface area contributed by atoms with Gasteiger partial charge in [-0.05, 0) is 69.0 Å². The Morgan fingerprint density at radius 3 is 2.33 bits per heavy atom. The molecule has 0 bridgehead atoms. The molecule has 1 N–H and O–H groups in total. The molecule has 0 aliphatic rings. The molecule has 0 fully saturated rings. The van der Waals surface area contributed by atoms with Gasteiger partial charge in [-0.2, -0.15) is 0 Å². The van der Waals surface area contributed by atoms with Crippen LogP contribution in [0.3, 0.4) is 0 Å². The predicted octanol–water partition coefficient (Wildman–Crippen LogP) is 5.97. The molecule has 0 spiro atoms. The third-order valence-corrected chi connectivity index (χ3v) is 6.72. The third-order valence-electron chi connectivity index (χ3n) is 5.16. The van der Waals surface area contributed by atoms with E-state index in [0.717, 1.165) is 38.7 Å². The Morgan fingerprint density at radius 2 is 1.73 bits per heavy atom. The maximum absolute atomic E-state index is 12.6. The molecule has 0 radical (unpaired) electrons. The Labute approximate surface area is 204 Å². The average Bonchev–Trinajstić information content (AvgIpc) is 3.13. The fourth-order valence-corrected chi connectivity index (χ4v) is 4.54. The molecule has 3 aromatic rings. The van der Waals surface area contributed by atoms with E-state index in [1.54, 1.807) is 6.08 Å². The minimum absolute atomic E-state index is 0.0897. The summed E-state index contributed by atoms with van der Waals surface area (Å²) < 4.78 is 7.85. The van der Waals surface area contributed by atoms with E-state index in [1.165, 1.54) is 17.3 Å². The number of carbonyl (C=O) groups excluding carboxylic acids is 1. The second-order valence-electron chi connectivity index (χ2n) is 8.07. The van der Waals surface area contributed by atoms with Crippen LogP contribution in [-0.2, 0) is 17.9 Å². The first-order valence-corrected chi connectivity index (χ1v) is 12.0. The summed E-state index contributed by atoms with van der Waals surface area (Å²) in [6.45, 7) is 14.5. The Morgan fingerprint density at radius 1 is 1.09 bits per heavy atom. The molecule has 8 heteroatoms. The minimum atomic E-state index is -0.0897. The van der Waals surface area contributed by atoms with Crippen LogP contribution in [0.25, 0.3) is 0 Å². The van der Waals surface area contributed by atoms with Crippen LogP contribution in [0, 0.1) is 34.6 Å². The molecule has 1 aromatic heterocycles. The first kappa shape index (κ1) is 24.9. The quantitative estimate of drug-likeness (QED) is 0.299. The normalized spacial score (nSPS) is 10.8. The molecule has 1 heterocycles. The van der Waals surface area contributed by atoms with Gasteiger partial charge in [0.25, 0.3) is 0 Å². The fraction of sp³-hybridized carbons (Fsp3) is 0.320. The number of hydrogen-bond acceptors (Lipinski definition) is 5. The van der Waals surface area contributed by atoms with E-state index >= 15 is 0 Å². The van der Waals surface area contributed by atoms with Gasteiger partial charge in [-0.3, -0.25) is 9.36 Å². The molecule has 2 aromatic carbocycles. The smallest absolute Gasteiger partial charge is 0.234 e. The lowest BCUT2D eigenvalue weighted by Crippen LogP contribution is -2.16. The van der Waals surface area contributed by atoms with Gasteiger partial charge < -0.3 is 10.1 Å². The van der Waals surface area contributed by atoms with Crippen molar-refractivity contribution < 1.29 is 9.53 Å². The molecule has 174 valence electrons. The Hall–Kier alpha value is -2.77. The highest BCUT2D eigenvalue weighted by molar-refractivity contribution is 7.99. The molecule has 0 unspecified atom stereocenters. The zero-order valence-corrected chi connectivity index (χ0v) is 21.2. The molecule has 1 amide bonds. The van der Waals surface area contributed by atoms with Gasteiger partial charge in [0.2, 0.25) is 5.91 Å². The number of ether oxygens (including phenoxy) is 1. The van der Waals surface area contributed by atoms with Crippen LogP contribution in [0.4, 0.5) is 5.69 Å². The number of aryl methyl sites for hydroxylation is 5. The van der Waals surface area contributed by atoms with Crippen LogP contribution in [0.2, 0.25) is 5.02 Å². The van der Waals surface area contributed by atoms with E-state index in [9.17, 15) is 4.79 Å². The standard InChI is InChI=1S/C25H29ClN4O2S/c1-7-8-30-21(13-32-20-11-16(3)23(26)17(4)12-20)28-29-25(30)33-14-22(31)27-24-18(5)9-15(2)10-19(24)6/h7,9-12H,1,8,13-14H2,2-6H3,(H,27,31). The summed E-state index contributed by atoms with van der Waals surface area (Å²) in [4.78, 5) is 12.6. The van der Waals surface area contributed by atoms with Gasteiger partial charge in [0.05, 0.1) is 5.75 Å². The van der Waals surface area contributed by atoms with Crippen LogP contribution >= 0.6 is 23.4 Å². The van der Waals surface area contributed by atoms with E-state index in [0.29, 0.717) is 17.5 Å². The van der Waals surface area contributed by atoms with Gasteiger partial charge in [0.15, 0.2) is 11.0 Å². The van der Waals surface area contributed by atoms with E-state index in [2.05, 4.69) is 34.2 Å². The van der Waals surface area contributed by atoms with Crippen molar-refractivity contribution in [1.82, 2.24) is 14.8 Å². The monoisotopic (exact) mass is 484 g/mol. The first-order valence-electron chi connectivity index (χ1n) is 10.6. The van der Waals surface area contributed by atoms with Crippen LogP contribution in [0.15, 0.2) is 42.1 Å². The zero-order valence-electron chi connectivity index (χ0n) is 19.7. The number of carbonyl (C=O) groups is 1. The van der Waals surface area contributed by atoms with E-state index in [-0.39, 0.29) is 18.3 Å². The summed E-state index contributed by atoms with van der Waals surface area (Å²) in [6, 6.07) is 7.93. The SMILES string of the molecule is C=CCn1c(COc2cc(C)c(Cl)c(C)c2)nnc1SCC(=O)Nc1c(C)cc(C)cc1C. The highest BCUT2D eigenvalue weighted by Gasteiger charge is 2.15. The van der Waals surface area contributed by atoms with Gasteiger partial charge in [0, 0.05) is 17.3 Å². The van der Waals surface area contributed by atoms with Crippen LogP contribution in [0.5, 0.6) is 5.75 Å². The summed E-state index contributed by atoms with van der Waals surface area (Å²) >= 11 is 7.58. The molecular weight excluding hydrogens is 456 g/mol. The molecule has 0 aliphatic heterocycles. The highest BCUT2D eigenvalue weighted by Crippen LogP contribution is 2.27. The molecule has 0 aliphatic carbocycles. The summed E-state index contributed by atoms with van der Waals surface area (Å²) in [7, 11) is 0. The van der Waals surface area contributed by atoms with Crippen molar-refractivity contribution in [3.05, 3.63) is 75.6 Å². The summed E-state index contributed by atoms with van der Waals surface area (Å²) in [6.07, 6.45) is 1.77. The van der Waals surface area contributed by atoms with E-state index < -0.39 is 0 Å². The van der Waals surface area contributed by atoms with E-state index in [1.807, 2.05) is 51.3 Å². The Bertz CT molecular complexity index is 1140. The van der Waals surface area contributed by atoms with Crippen molar-refractivity contribution >= 4 is 35.0 Å². The molecule has 3 rings (SSSR count). The lowest BCUT2D eigenvalue weighted by Gasteiger charge is -2.13. The lowest BCUT2D eigenvalue weighted by atomic mass is 10.1. The number of anilines is 1. The molecule has 0 saturated carbocycles. The van der Waals surface area contributed by atoms with Crippen molar-refractivity contribution in [2.45, 2.75) is 52.9 Å². The molecular formula is C25H29ClN4O2S. The van der Waals surface area contributed by atoms with Crippen molar-refractivity contribution in [2.24, 2.45) is 0 Å². The van der Waals surface area contributed by atoms with Crippen LogP contribution in [0.1, 0.15) is 33.6 Å². The molecule has 0 saturated heterocycles. The number of thioether (sulfide) groups is 1. The fourth-order valence-electron chi connectivity index (χ4n) is 3.67. The largest absolute Gasteiger partial charge is 0.486 e. The Kier molecular flexibility index (Phi) is 8.21. The summed E-state index contributed by atoms with van der Waals surface area (Å²) in [5.74, 6) is 1.51. The van der Waals surface area contributed by atoms with Gasteiger partial charge in [0.1, 0.15) is 12.4 Å². The van der Waals surface area contributed by atoms with Crippen LogP contribution in [-0.4, -0.2) is 26.4 Å². The van der Waals surface area contributed by atoms with Crippen molar-refractivity contribution in [3.8, 4) is 5.75 Å². The minimum Gasteiger partial charge on any atom is -0.486 e. The number of nitrogens with zero attached hydrogens (tertiary/aromatic N) is 3. The lowest BCUT2D eigenvalue weighted by molar-refractivity contribution is -0.113. The van der Waals surface area contributed by atoms with Gasteiger partial charge in [-0.1, -0.05) is 47.1 Å². The maximum atomic E-state index is 12.6. The maximum Gasteiger partial charge on any atom is 0.234 e. The van der Waals surface area contributed by atoms with E-state index in [4.69, 9.17) is 16.3 Å². The van der Waals surface area contributed by atoms with Crippen molar-refractivity contribution in [1.29, 1.82) is 0 Å². The van der Waals surface area contributed by atoms with Gasteiger partial charge in [-0.25, -0.2) is 0 Å². The first-order chi connectivity index (χ1) is 15.7. The third kappa shape index (κ3) is 6.18. The zero-order chi connectivity index (χ0) is 24.1. The number of aromatic nitrogens is 3. The number of hydrogen-bond donors (Lipinski definition) is 1. The predicted molar refractivity (Wildman–Crippen MR) is 135 cm³/mol. The number of rotatable bonds is 9. The van der Waals surface area contributed by atoms with Crippen molar-refractivity contribution in [2.75, 3.05) is 11.1 Å².